The predicted molar refractivity (Wildman–Crippen MR) is 71.2 cm³/mol. The number of halogens is 1. The summed E-state index contributed by atoms with van der Waals surface area (Å²) in [6.07, 6.45) is 1.77. The second-order valence-electron chi connectivity index (χ2n) is 3.93. The molecule has 0 spiro atoms. The number of hydrogen-bond donors (Lipinski definition) is 0. The highest BCUT2D eigenvalue weighted by atomic mass is 35.5. The topological polar surface area (TPSA) is 49.6 Å². The molecule has 0 bridgehead atoms. The van der Waals surface area contributed by atoms with Crippen LogP contribution in [0.15, 0.2) is 30.3 Å². The van der Waals surface area contributed by atoms with E-state index in [0.29, 0.717) is 10.7 Å². The van der Waals surface area contributed by atoms with Gasteiger partial charge in [-0.25, -0.2) is 9.97 Å². The Kier molecular flexibility index (Phi) is 3.91. The van der Waals surface area contributed by atoms with E-state index >= 15 is 0 Å². The first-order valence-electron chi connectivity index (χ1n) is 5.77. The van der Waals surface area contributed by atoms with Crippen molar-refractivity contribution >= 4 is 11.6 Å². The van der Waals surface area contributed by atoms with Crippen molar-refractivity contribution in [1.82, 2.24) is 9.97 Å². The third-order valence-corrected chi connectivity index (χ3v) is 2.70. The summed E-state index contributed by atoms with van der Waals surface area (Å²) in [5, 5.41) is 9.33. The molecule has 90 valence electrons. The van der Waals surface area contributed by atoms with Crippen molar-refractivity contribution in [2.24, 2.45) is 0 Å². The highest BCUT2D eigenvalue weighted by molar-refractivity contribution is 6.29. The van der Waals surface area contributed by atoms with Gasteiger partial charge in [0, 0.05) is 18.1 Å². The van der Waals surface area contributed by atoms with Crippen LogP contribution in [0.2, 0.25) is 5.15 Å². The Hall–Kier alpha value is -1.92. The molecule has 1 aromatic carbocycles. The molecule has 0 N–H and O–H groups in total. The molecule has 0 aliphatic rings. The van der Waals surface area contributed by atoms with Gasteiger partial charge in [-0.15, -0.1) is 0 Å². The number of benzene rings is 1. The Morgan fingerprint density at radius 2 is 2.11 bits per heavy atom. The van der Waals surface area contributed by atoms with Gasteiger partial charge in [-0.05, 0) is 18.6 Å². The van der Waals surface area contributed by atoms with Gasteiger partial charge < -0.3 is 0 Å². The largest absolute Gasteiger partial charge is 0.233 e. The Balaban J connectivity index is 2.46. The second-order valence-corrected chi connectivity index (χ2v) is 4.32. The smallest absolute Gasteiger partial charge is 0.133 e. The lowest BCUT2D eigenvalue weighted by molar-refractivity contribution is 0.836. The van der Waals surface area contributed by atoms with Crippen LogP contribution in [0.25, 0.3) is 11.3 Å². The molecule has 2 aromatic rings. The summed E-state index contributed by atoms with van der Waals surface area (Å²) in [6, 6.07) is 11.1. The van der Waals surface area contributed by atoms with Crippen LogP contribution >= 0.6 is 11.6 Å². The average molecular weight is 258 g/mol. The quantitative estimate of drug-likeness (QED) is 0.789. The molecule has 0 aliphatic carbocycles. The summed E-state index contributed by atoms with van der Waals surface area (Å²) in [5.41, 5.74) is 2.26. The van der Waals surface area contributed by atoms with Crippen LogP contribution in [0.5, 0.6) is 0 Å². The molecule has 0 aliphatic heterocycles. The van der Waals surface area contributed by atoms with E-state index in [4.69, 9.17) is 16.9 Å². The fourth-order valence-electron chi connectivity index (χ4n) is 1.70. The minimum Gasteiger partial charge on any atom is -0.233 e. The maximum Gasteiger partial charge on any atom is 0.133 e. The van der Waals surface area contributed by atoms with Crippen molar-refractivity contribution in [3.8, 4) is 17.3 Å². The van der Waals surface area contributed by atoms with Crippen LogP contribution in [-0.4, -0.2) is 9.97 Å². The van der Waals surface area contributed by atoms with Gasteiger partial charge in [0.2, 0.25) is 0 Å². The molecule has 0 saturated carbocycles. The number of hydrogen-bond acceptors (Lipinski definition) is 3. The zero-order valence-electron chi connectivity index (χ0n) is 10.0. The van der Waals surface area contributed by atoms with Gasteiger partial charge in [-0.1, -0.05) is 30.7 Å². The summed E-state index contributed by atoms with van der Waals surface area (Å²) in [4.78, 5) is 8.64. The van der Waals surface area contributed by atoms with Crippen molar-refractivity contribution in [2.45, 2.75) is 19.8 Å². The highest BCUT2D eigenvalue weighted by Gasteiger charge is 2.05. The van der Waals surface area contributed by atoms with Crippen LogP contribution in [0.1, 0.15) is 24.7 Å². The van der Waals surface area contributed by atoms with E-state index in [2.05, 4.69) is 23.0 Å². The Labute approximate surface area is 111 Å². The molecule has 0 atom stereocenters. The number of nitrogens with zero attached hydrogens (tertiary/aromatic N) is 3. The maximum absolute atomic E-state index is 8.89. The fourth-order valence-corrected chi connectivity index (χ4v) is 1.90. The lowest BCUT2D eigenvalue weighted by atomic mass is 10.1. The van der Waals surface area contributed by atoms with E-state index in [0.717, 1.165) is 29.9 Å². The van der Waals surface area contributed by atoms with Gasteiger partial charge in [-0.3, -0.25) is 0 Å². The number of rotatable bonds is 3. The molecule has 3 nitrogen and oxygen atoms in total. The first kappa shape index (κ1) is 12.5. The third-order valence-electron chi connectivity index (χ3n) is 2.50. The molecular weight excluding hydrogens is 246 g/mol. The lowest BCUT2D eigenvalue weighted by Crippen LogP contribution is -1.97. The average Bonchev–Trinajstić information content (AvgIpc) is 2.38. The van der Waals surface area contributed by atoms with Crippen molar-refractivity contribution in [1.29, 1.82) is 5.26 Å². The van der Waals surface area contributed by atoms with E-state index < -0.39 is 0 Å². The monoisotopic (exact) mass is 257 g/mol. The molecule has 0 fully saturated rings. The van der Waals surface area contributed by atoms with Crippen LogP contribution in [0.4, 0.5) is 0 Å². The van der Waals surface area contributed by atoms with Gasteiger partial charge >= 0.3 is 0 Å². The SMILES string of the molecule is CCCc1nc(Cl)cc(-c2cccc(C#N)c2)n1. The van der Waals surface area contributed by atoms with E-state index in [1.165, 1.54) is 0 Å². The first-order chi connectivity index (χ1) is 8.72. The molecule has 1 aromatic heterocycles. The Morgan fingerprint density at radius 3 is 2.83 bits per heavy atom. The minimum atomic E-state index is 0.436. The van der Waals surface area contributed by atoms with Gasteiger partial charge in [0.05, 0.1) is 17.3 Å². The van der Waals surface area contributed by atoms with Crippen molar-refractivity contribution < 1.29 is 0 Å². The van der Waals surface area contributed by atoms with Gasteiger partial charge in [0.15, 0.2) is 0 Å². The van der Waals surface area contributed by atoms with E-state index in [1.807, 2.05) is 12.1 Å². The van der Waals surface area contributed by atoms with E-state index in [9.17, 15) is 0 Å². The standard InChI is InChI=1S/C14H12ClN3/c1-2-4-14-17-12(8-13(15)18-14)11-6-3-5-10(7-11)9-16/h3,5-8H,2,4H2,1H3. The van der Waals surface area contributed by atoms with Gasteiger partial charge in [-0.2, -0.15) is 5.26 Å². The van der Waals surface area contributed by atoms with Crippen LogP contribution in [0, 0.1) is 11.3 Å². The molecule has 0 unspecified atom stereocenters. The number of aryl methyl sites for hydroxylation is 1. The van der Waals surface area contributed by atoms with Crippen LogP contribution < -0.4 is 0 Å². The predicted octanol–water partition coefficient (Wildman–Crippen LogP) is 3.62. The third kappa shape index (κ3) is 2.85. The molecular formula is C14H12ClN3. The molecule has 0 radical (unpaired) electrons. The Bertz CT molecular complexity index is 602. The minimum absolute atomic E-state index is 0.436. The Morgan fingerprint density at radius 1 is 1.28 bits per heavy atom. The highest BCUT2D eigenvalue weighted by Crippen LogP contribution is 2.21. The van der Waals surface area contributed by atoms with Crippen molar-refractivity contribution in [2.75, 3.05) is 0 Å². The molecule has 0 amide bonds. The van der Waals surface area contributed by atoms with E-state index in [-0.39, 0.29) is 0 Å². The summed E-state index contributed by atoms with van der Waals surface area (Å²) < 4.78 is 0. The summed E-state index contributed by atoms with van der Waals surface area (Å²) in [7, 11) is 0. The summed E-state index contributed by atoms with van der Waals surface area (Å²) >= 11 is 5.99. The normalized spacial score (nSPS) is 10.1. The van der Waals surface area contributed by atoms with Gasteiger partial charge in [0.25, 0.3) is 0 Å². The molecule has 18 heavy (non-hydrogen) atoms. The molecule has 0 saturated heterocycles. The number of nitriles is 1. The molecule has 1 heterocycles. The molecule has 4 heteroatoms. The van der Waals surface area contributed by atoms with Crippen molar-refractivity contribution in [3.63, 3.8) is 0 Å². The van der Waals surface area contributed by atoms with Crippen LogP contribution in [-0.2, 0) is 6.42 Å². The van der Waals surface area contributed by atoms with Crippen molar-refractivity contribution in [3.05, 3.63) is 46.9 Å². The first-order valence-corrected chi connectivity index (χ1v) is 6.14. The molecule has 2 rings (SSSR count). The summed E-state index contributed by atoms with van der Waals surface area (Å²) in [5.74, 6) is 0.738. The summed E-state index contributed by atoms with van der Waals surface area (Å²) in [6.45, 7) is 2.07. The zero-order valence-corrected chi connectivity index (χ0v) is 10.8. The number of aromatic nitrogens is 2. The van der Waals surface area contributed by atoms with E-state index in [1.54, 1.807) is 18.2 Å². The maximum atomic E-state index is 8.89. The zero-order chi connectivity index (χ0) is 13.0. The lowest BCUT2D eigenvalue weighted by Gasteiger charge is -2.05. The van der Waals surface area contributed by atoms with Crippen LogP contribution in [0.3, 0.4) is 0 Å². The second kappa shape index (κ2) is 5.61. The van der Waals surface area contributed by atoms with Gasteiger partial charge in [0.1, 0.15) is 11.0 Å². The fraction of sp³-hybridized carbons (Fsp3) is 0.214.